The quantitative estimate of drug-likeness (QED) is 0.237. The number of rotatable bonds is 12. The third-order valence-electron chi connectivity index (χ3n) is 6.77. The van der Waals surface area contributed by atoms with Gasteiger partial charge in [0.1, 0.15) is 6.04 Å². The Labute approximate surface area is 266 Å². The normalized spacial score (nSPS) is 12.5. The molecule has 0 fully saturated rings. The SMILES string of the molecule is Cc1cc(C)cc(N(CCCC(=O)N(Cc2ccc(Cl)cc2Cl)C(Cc2ccccc2)C(=O)NC(C)(C)C)S(C)(=O)=O)c1. The van der Waals surface area contributed by atoms with Crippen LogP contribution in [0.4, 0.5) is 5.69 Å². The summed E-state index contributed by atoms with van der Waals surface area (Å²) in [7, 11) is -3.60. The largest absolute Gasteiger partial charge is 0.350 e. The first-order valence-corrected chi connectivity index (χ1v) is 16.8. The molecule has 1 atom stereocenters. The monoisotopic (exact) mass is 645 g/mol. The van der Waals surface area contributed by atoms with Gasteiger partial charge in [0, 0.05) is 41.5 Å². The van der Waals surface area contributed by atoms with Crippen LogP contribution in [0.25, 0.3) is 0 Å². The molecule has 7 nitrogen and oxygen atoms in total. The van der Waals surface area contributed by atoms with Gasteiger partial charge in [-0.25, -0.2) is 8.42 Å². The first kappa shape index (κ1) is 34.4. The average molecular weight is 647 g/mol. The Morgan fingerprint density at radius 3 is 2.12 bits per heavy atom. The summed E-state index contributed by atoms with van der Waals surface area (Å²) < 4.78 is 26.8. The average Bonchev–Trinajstić information content (AvgIpc) is 2.88. The molecule has 3 rings (SSSR count). The Morgan fingerprint density at radius 2 is 1.56 bits per heavy atom. The molecule has 3 aromatic rings. The van der Waals surface area contributed by atoms with Gasteiger partial charge in [0.05, 0.1) is 11.9 Å². The molecule has 43 heavy (non-hydrogen) atoms. The van der Waals surface area contributed by atoms with E-state index in [4.69, 9.17) is 23.2 Å². The smallest absolute Gasteiger partial charge is 0.243 e. The van der Waals surface area contributed by atoms with E-state index >= 15 is 0 Å². The highest BCUT2D eigenvalue weighted by atomic mass is 35.5. The van der Waals surface area contributed by atoms with Crippen LogP contribution in [0.15, 0.2) is 66.7 Å². The maximum absolute atomic E-state index is 14.0. The molecule has 0 aliphatic heterocycles. The number of anilines is 1. The fraction of sp³-hybridized carbons (Fsp3) is 0.394. The van der Waals surface area contributed by atoms with Crippen LogP contribution in [0.1, 0.15) is 55.9 Å². The van der Waals surface area contributed by atoms with Gasteiger partial charge in [0.2, 0.25) is 21.8 Å². The lowest BCUT2D eigenvalue weighted by molar-refractivity contribution is -0.142. The summed E-state index contributed by atoms with van der Waals surface area (Å²) >= 11 is 12.7. The molecule has 0 aliphatic rings. The second-order valence-corrected chi connectivity index (χ2v) is 14.7. The standard InChI is InChI=1S/C33H41Cl2N3O4S/c1-23-17-24(2)19-28(18-23)38(43(6,41)42)16-10-13-31(39)37(22-26-14-15-27(34)21-29(26)35)30(32(40)36-33(3,4)5)20-25-11-8-7-9-12-25/h7-9,11-12,14-15,17-19,21,30H,10,13,16,20,22H2,1-6H3,(H,36,40). The summed E-state index contributed by atoms with van der Waals surface area (Å²) in [4.78, 5) is 29.3. The van der Waals surface area contributed by atoms with Crippen molar-refractivity contribution in [2.45, 2.75) is 72.0 Å². The lowest BCUT2D eigenvalue weighted by Gasteiger charge is -2.34. The lowest BCUT2D eigenvalue weighted by Crippen LogP contribution is -2.54. The molecule has 10 heteroatoms. The molecule has 0 aliphatic carbocycles. The van der Waals surface area contributed by atoms with Gasteiger partial charge in [0.25, 0.3) is 0 Å². The minimum Gasteiger partial charge on any atom is -0.350 e. The highest BCUT2D eigenvalue weighted by Crippen LogP contribution is 2.26. The van der Waals surface area contributed by atoms with Crippen LogP contribution < -0.4 is 9.62 Å². The van der Waals surface area contributed by atoms with Crippen molar-refractivity contribution in [2.75, 3.05) is 17.1 Å². The van der Waals surface area contributed by atoms with Crippen LogP contribution in [0.3, 0.4) is 0 Å². The van der Waals surface area contributed by atoms with Gasteiger partial charge in [-0.1, -0.05) is 65.7 Å². The van der Waals surface area contributed by atoms with E-state index in [0.717, 1.165) is 22.9 Å². The number of benzene rings is 3. The minimum atomic E-state index is -3.60. The molecule has 0 aromatic heterocycles. The number of sulfonamides is 1. The molecule has 0 spiro atoms. The first-order chi connectivity index (χ1) is 20.0. The van der Waals surface area contributed by atoms with Crippen molar-refractivity contribution in [2.24, 2.45) is 0 Å². The van der Waals surface area contributed by atoms with Crippen molar-refractivity contribution in [3.63, 3.8) is 0 Å². The summed E-state index contributed by atoms with van der Waals surface area (Å²) in [6, 6.07) is 19.3. The zero-order chi connectivity index (χ0) is 31.9. The van der Waals surface area contributed by atoms with E-state index in [1.165, 1.54) is 4.31 Å². The second kappa shape index (κ2) is 14.6. The molecule has 1 N–H and O–H groups in total. The molecule has 1 unspecified atom stereocenters. The highest BCUT2D eigenvalue weighted by molar-refractivity contribution is 7.92. The van der Waals surface area contributed by atoms with Gasteiger partial charge >= 0.3 is 0 Å². The Bertz CT molecular complexity index is 1520. The Kier molecular flexibility index (Phi) is 11.7. The van der Waals surface area contributed by atoms with E-state index in [0.29, 0.717) is 21.3 Å². The number of amides is 2. The number of hydrogen-bond acceptors (Lipinski definition) is 4. The van der Waals surface area contributed by atoms with E-state index in [1.807, 2.05) is 83.1 Å². The third-order valence-corrected chi connectivity index (χ3v) is 8.55. The summed E-state index contributed by atoms with van der Waals surface area (Å²) in [5, 5.41) is 3.89. The second-order valence-electron chi connectivity index (χ2n) is 12.0. The summed E-state index contributed by atoms with van der Waals surface area (Å²) in [6.45, 7) is 9.68. The zero-order valence-electron chi connectivity index (χ0n) is 25.7. The maximum Gasteiger partial charge on any atom is 0.243 e. The molecule has 0 radical (unpaired) electrons. The molecule has 0 saturated carbocycles. The lowest BCUT2D eigenvalue weighted by atomic mass is 10.00. The van der Waals surface area contributed by atoms with Gasteiger partial charge < -0.3 is 10.2 Å². The van der Waals surface area contributed by atoms with Crippen molar-refractivity contribution in [1.82, 2.24) is 10.2 Å². The molecule has 0 saturated heterocycles. The number of nitrogens with zero attached hydrogens (tertiary/aromatic N) is 2. The van der Waals surface area contributed by atoms with Crippen LogP contribution in [-0.2, 0) is 32.6 Å². The van der Waals surface area contributed by atoms with Crippen molar-refractivity contribution in [3.05, 3.63) is 99.0 Å². The topological polar surface area (TPSA) is 86.8 Å². The molecule has 232 valence electrons. The number of carbonyl (C=O) groups excluding carboxylic acids is 2. The van der Waals surface area contributed by atoms with Gasteiger partial charge in [-0.15, -0.1) is 0 Å². The number of halogens is 2. The number of aryl methyl sites for hydroxylation is 2. The van der Waals surface area contributed by atoms with E-state index in [1.54, 1.807) is 23.1 Å². The summed E-state index contributed by atoms with van der Waals surface area (Å²) in [5.41, 5.74) is 3.46. The zero-order valence-corrected chi connectivity index (χ0v) is 28.0. The van der Waals surface area contributed by atoms with Crippen molar-refractivity contribution >= 4 is 50.7 Å². The highest BCUT2D eigenvalue weighted by Gasteiger charge is 2.32. The van der Waals surface area contributed by atoms with Crippen LogP contribution >= 0.6 is 23.2 Å². The van der Waals surface area contributed by atoms with Crippen molar-refractivity contribution in [3.8, 4) is 0 Å². The Hall–Kier alpha value is -3.07. The Balaban J connectivity index is 1.94. The van der Waals surface area contributed by atoms with E-state index < -0.39 is 21.6 Å². The van der Waals surface area contributed by atoms with Crippen LogP contribution in [-0.4, -0.2) is 49.5 Å². The number of hydrogen-bond donors (Lipinski definition) is 1. The van der Waals surface area contributed by atoms with Crippen LogP contribution in [0.5, 0.6) is 0 Å². The van der Waals surface area contributed by atoms with Crippen molar-refractivity contribution in [1.29, 1.82) is 0 Å². The first-order valence-electron chi connectivity index (χ1n) is 14.2. The third kappa shape index (κ3) is 10.6. The number of nitrogens with one attached hydrogen (secondary N) is 1. The minimum absolute atomic E-state index is 0.0239. The van der Waals surface area contributed by atoms with E-state index in [2.05, 4.69) is 5.32 Å². The fourth-order valence-electron chi connectivity index (χ4n) is 4.94. The maximum atomic E-state index is 14.0. The molecule has 0 heterocycles. The Morgan fingerprint density at radius 1 is 0.930 bits per heavy atom. The predicted octanol–water partition coefficient (Wildman–Crippen LogP) is 6.71. The van der Waals surface area contributed by atoms with Gasteiger partial charge in [-0.3, -0.25) is 13.9 Å². The molecule has 3 aromatic carbocycles. The van der Waals surface area contributed by atoms with Gasteiger partial charge in [-0.2, -0.15) is 0 Å². The summed E-state index contributed by atoms with van der Waals surface area (Å²) in [5.74, 6) is -0.576. The van der Waals surface area contributed by atoms with Gasteiger partial charge in [0.15, 0.2) is 0 Å². The van der Waals surface area contributed by atoms with Crippen molar-refractivity contribution < 1.29 is 18.0 Å². The summed E-state index contributed by atoms with van der Waals surface area (Å²) in [6.07, 6.45) is 1.73. The van der Waals surface area contributed by atoms with E-state index in [9.17, 15) is 18.0 Å². The van der Waals surface area contributed by atoms with Crippen LogP contribution in [0, 0.1) is 13.8 Å². The van der Waals surface area contributed by atoms with Gasteiger partial charge in [-0.05, 0) is 87.6 Å². The van der Waals surface area contributed by atoms with Crippen LogP contribution in [0.2, 0.25) is 10.0 Å². The number of carbonyl (C=O) groups is 2. The fourth-order valence-corrected chi connectivity index (χ4v) is 6.36. The molecule has 2 amide bonds. The predicted molar refractivity (Wildman–Crippen MR) is 176 cm³/mol. The molecular formula is C33H41Cl2N3O4S. The molecule has 0 bridgehead atoms. The van der Waals surface area contributed by atoms with E-state index in [-0.39, 0.29) is 44.2 Å². The molecular weight excluding hydrogens is 605 g/mol.